The number of Topliss-reactive ketones (excluding diaryl/α,β-unsaturated/α-hetero) is 1. The number of thiophene rings is 1. The zero-order valence-corrected chi connectivity index (χ0v) is 16.4. The molecule has 7 heteroatoms. The highest BCUT2D eigenvalue weighted by Gasteiger charge is 2.21. The van der Waals surface area contributed by atoms with Gasteiger partial charge >= 0.3 is 5.97 Å². The molecule has 0 bridgehead atoms. The number of carbonyl (C=O) groups excluding carboxylic acids is 2. The van der Waals surface area contributed by atoms with E-state index in [1.165, 1.54) is 11.3 Å². The normalized spacial score (nSPS) is 11.0. The van der Waals surface area contributed by atoms with Crippen LogP contribution in [-0.4, -0.2) is 28.3 Å². The summed E-state index contributed by atoms with van der Waals surface area (Å²) in [6.07, 6.45) is 0. The van der Waals surface area contributed by atoms with Gasteiger partial charge in [0.1, 0.15) is 9.88 Å². The van der Waals surface area contributed by atoms with Crippen molar-refractivity contribution < 1.29 is 14.3 Å². The van der Waals surface area contributed by atoms with Crippen LogP contribution in [0, 0.1) is 13.8 Å². The van der Waals surface area contributed by atoms with Gasteiger partial charge in [-0.05, 0) is 31.4 Å². The average Bonchev–Trinajstić information content (AvgIpc) is 3.36. The van der Waals surface area contributed by atoms with E-state index < -0.39 is 5.97 Å². The van der Waals surface area contributed by atoms with Crippen molar-refractivity contribution in [2.24, 2.45) is 0 Å². The summed E-state index contributed by atoms with van der Waals surface area (Å²) in [5.74, 6) is -0.740. The molecule has 0 spiro atoms. The minimum absolute atomic E-state index is 0.224. The van der Waals surface area contributed by atoms with Gasteiger partial charge in [0, 0.05) is 33.1 Å². The molecule has 0 radical (unpaired) electrons. The van der Waals surface area contributed by atoms with E-state index in [2.05, 4.69) is 9.97 Å². The van der Waals surface area contributed by atoms with Crippen LogP contribution in [0.3, 0.4) is 0 Å². The van der Waals surface area contributed by atoms with Crippen LogP contribution in [-0.2, 0) is 4.74 Å². The smallest absolute Gasteiger partial charge is 0.350 e. The largest absolute Gasteiger partial charge is 0.453 e. The maximum atomic E-state index is 12.6. The first-order chi connectivity index (χ1) is 13.0. The number of carbonyl (C=O) groups is 2. The van der Waals surface area contributed by atoms with E-state index in [4.69, 9.17) is 4.74 Å². The van der Waals surface area contributed by atoms with Gasteiger partial charge in [-0.3, -0.25) is 4.79 Å². The molecule has 0 saturated heterocycles. The Morgan fingerprint density at radius 2 is 2.00 bits per heavy atom. The molecule has 4 rings (SSSR count). The van der Waals surface area contributed by atoms with Crippen LogP contribution in [0.4, 0.5) is 0 Å². The topological polar surface area (TPSA) is 72.0 Å². The number of ether oxygens (including phenoxy) is 1. The lowest BCUT2D eigenvalue weighted by Gasteiger charge is -2.04. The summed E-state index contributed by atoms with van der Waals surface area (Å²) in [6.45, 7) is 3.32. The van der Waals surface area contributed by atoms with Crippen molar-refractivity contribution in [3.05, 3.63) is 62.9 Å². The number of aromatic amines is 1. The Bertz CT molecular complexity index is 1140. The van der Waals surface area contributed by atoms with Crippen molar-refractivity contribution >= 4 is 45.3 Å². The summed E-state index contributed by atoms with van der Waals surface area (Å²) in [4.78, 5) is 33.2. The molecule has 136 valence electrons. The Hall–Kier alpha value is -2.77. The number of hydrogen-bond donors (Lipinski definition) is 1. The first-order valence-electron chi connectivity index (χ1n) is 8.32. The molecule has 1 N–H and O–H groups in total. The molecule has 0 atom stereocenters. The Labute approximate surface area is 163 Å². The van der Waals surface area contributed by atoms with Crippen LogP contribution < -0.4 is 0 Å². The second-order valence-corrected chi connectivity index (χ2v) is 7.89. The highest BCUT2D eigenvalue weighted by molar-refractivity contribution is 7.17. The molecule has 0 aliphatic rings. The number of benzene rings is 1. The second kappa shape index (κ2) is 7.09. The van der Waals surface area contributed by atoms with Gasteiger partial charge in [-0.25, -0.2) is 9.78 Å². The van der Waals surface area contributed by atoms with Gasteiger partial charge in [-0.15, -0.1) is 11.3 Å². The SMILES string of the molecule is Cc1nc(-c2ccsc2)sc1C(=O)OCC(=O)c1c(C)[nH]c2ccccc12. The number of ketones is 1. The second-order valence-electron chi connectivity index (χ2n) is 6.12. The van der Waals surface area contributed by atoms with Crippen LogP contribution in [0.15, 0.2) is 41.1 Å². The Kier molecular flexibility index (Phi) is 4.63. The highest BCUT2D eigenvalue weighted by Crippen LogP contribution is 2.30. The zero-order valence-electron chi connectivity index (χ0n) is 14.7. The lowest BCUT2D eigenvalue weighted by Crippen LogP contribution is -2.14. The van der Waals surface area contributed by atoms with Gasteiger partial charge in [0.25, 0.3) is 0 Å². The van der Waals surface area contributed by atoms with Gasteiger partial charge < -0.3 is 9.72 Å². The number of aryl methyl sites for hydroxylation is 2. The van der Waals surface area contributed by atoms with E-state index in [1.807, 2.05) is 48.0 Å². The molecule has 3 aromatic heterocycles. The van der Waals surface area contributed by atoms with Crippen LogP contribution in [0.1, 0.15) is 31.4 Å². The average molecular weight is 396 g/mol. The standard InChI is InChI=1S/C20H16N2O3S2/c1-11-17(14-5-3-4-6-15(14)21-11)16(23)9-25-20(24)18-12(2)22-19(27-18)13-7-8-26-10-13/h3-8,10,21H,9H2,1-2H3. The number of nitrogens with zero attached hydrogens (tertiary/aromatic N) is 1. The fourth-order valence-corrected chi connectivity index (χ4v) is 4.67. The molecule has 1 aromatic carbocycles. The number of hydrogen-bond acceptors (Lipinski definition) is 6. The minimum Gasteiger partial charge on any atom is -0.453 e. The lowest BCUT2D eigenvalue weighted by atomic mass is 10.1. The molecule has 27 heavy (non-hydrogen) atoms. The summed E-state index contributed by atoms with van der Waals surface area (Å²) >= 11 is 2.86. The number of H-pyrrole nitrogens is 1. The summed E-state index contributed by atoms with van der Waals surface area (Å²) in [6, 6.07) is 9.54. The lowest BCUT2D eigenvalue weighted by molar-refractivity contribution is 0.0479. The third kappa shape index (κ3) is 3.31. The summed E-state index contributed by atoms with van der Waals surface area (Å²) in [5.41, 5.74) is 3.83. The van der Waals surface area contributed by atoms with Crippen LogP contribution in [0.25, 0.3) is 21.5 Å². The van der Waals surface area contributed by atoms with Crippen LogP contribution >= 0.6 is 22.7 Å². The van der Waals surface area contributed by atoms with Crippen LogP contribution in [0.2, 0.25) is 0 Å². The van der Waals surface area contributed by atoms with Crippen molar-refractivity contribution in [3.63, 3.8) is 0 Å². The minimum atomic E-state index is -0.516. The third-order valence-corrected chi connectivity index (χ3v) is 6.13. The molecule has 4 aromatic rings. The van der Waals surface area contributed by atoms with E-state index in [1.54, 1.807) is 18.3 Å². The number of rotatable bonds is 5. The van der Waals surface area contributed by atoms with Gasteiger partial charge in [-0.2, -0.15) is 11.3 Å². The maximum absolute atomic E-state index is 12.6. The quantitative estimate of drug-likeness (QED) is 0.380. The zero-order chi connectivity index (χ0) is 19.0. The van der Waals surface area contributed by atoms with Gasteiger partial charge in [0.15, 0.2) is 6.61 Å². The Morgan fingerprint density at radius 3 is 2.78 bits per heavy atom. The first-order valence-corrected chi connectivity index (χ1v) is 10.1. The van der Waals surface area contributed by atoms with E-state index in [-0.39, 0.29) is 12.4 Å². The molecule has 5 nitrogen and oxygen atoms in total. The highest BCUT2D eigenvalue weighted by atomic mass is 32.1. The van der Waals surface area contributed by atoms with Crippen molar-refractivity contribution in [2.75, 3.05) is 6.61 Å². The first kappa shape index (κ1) is 17.6. The molecule has 0 amide bonds. The predicted octanol–water partition coefficient (Wildman–Crippen LogP) is 5.01. The van der Waals surface area contributed by atoms with Crippen molar-refractivity contribution in [2.45, 2.75) is 13.8 Å². The van der Waals surface area contributed by atoms with Crippen molar-refractivity contribution in [1.29, 1.82) is 0 Å². The molecular weight excluding hydrogens is 380 g/mol. The predicted molar refractivity (Wildman–Crippen MR) is 108 cm³/mol. The molecular formula is C20H16N2O3S2. The fraction of sp³-hybridized carbons (Fsp3) is 0.150. The molecule has 0 unspecified atom stereocenters. The Morgan fingerprint density at radius 1 is 1.19 bits per heavy atom. The summed E-state index contributed by atoms with van der Waals surface area (Å²) < 4.78 is 5.30. The molecule has 0 aliphatic carbocycles. The van der Waals surface area contributed by atoms with Crippen molar-refractivity contribution in [3.8, 4) is 10.6 Å². The molecule has 0 fully saturated rings. The number of nitrogens with one attached hydrogen (secondary N) is 1. The fourth-order valence-electron chi connectivity index (χ4n) is 3.00. The molecule has 0 aliphatic heterocycles. The molecule has 3 heterocycles. The monoisotopic (exact) mass is 396 g/mol. The van der Waals surface area contributed by atoms with E-state index >= 15 is 0 Å². The van der Waals surface area contributed by atoms with Crippen LogP contribution in [0.5, 0.6) is 0 Å². The number of esters is 1. The van der Waals surface area contributed by atoms with Gasteiger partial charge in [0.05, 0.1) is 5.69 Å². The number of fused-ring (bicyclic) bond motifs is 1. The van der Waals surface area contributed by atoms with E-state index in [0.29, 0.717) is 16.1 Å². The number of para-hydroxylation sites is 1. The third-order valence-electron chi connectivity index (χ3n) is 4.26. The Balaban J connectivity index is 1.51. The van der Waals surface area contributed by atoms with Gasteiger partial charge in [-0.1, -0.05) is 18.2 Å². The number of thiazole rings is 1. The van der Waals surface area contributed by atoms with Crippen molar-refractivity contribution in [1.82, 2.24) is 9.97 Å². The van der Waals surface area contributed by atoms with Gasteiger partial charge in [0.2, 0.25) is 5.78 Å². The van der Waals surface area contributed by atoms with E-state index in [0.717, 1.165) is 27.2 Å². The summed E-state index contributed by atoms with van der Waals surface area (Å²) in [7, 11) is 0. The maximum Gasteiger partial charge on any atom is 0.350 e. The molecule has 0 saturated carbocycles. The summed E-state index contributed by atoms with van der Waals surface area (Å²) in [5, 5.41) is 5.56. The van der Waals surface area contributed by atoms with E-state index in [9.17, 15) is 9.59 Å². The number of aromatic nitrogens is 2.